The summed E-state index contributed by atoms with van der Waals surface area (Å²) in [5, 5.41) is 8.04. The van der Waals surface area contributed by atoms with Crippen molar-refractivity contribution in [3.05, 3.63) is 70.0 Å². The summed E-state index contributed by atoms with van der Waals surface area (Å²) in [5.41, 5.74) is -2.17. The van der Waals surface area contributed by atoms with E-state index in [-0.39, 0.29) is 32.5 Å². The Morgan fingerprint density at radius 1 is 1.28 bits per heavy atom. The van der Waals surface area contributed by atoms with Crippen LogP contribution in [0.3, 0.4) is 0 Å². The summed E-state index contributed by atoms with van der Waals surface area (Å²) >= 11 is 11.9. The number of halogens is 6. The highest BCUT2D eigenvalue weighted by Crippen LogP contribution is 2.38. The van der Waals surface area contributed by atoms with Crippen LogP contribution in [0.4, 0.5) is 22.0 Å². The van der Waals surface area contributed by atoms with Crippen LogP contribution < -0.4 is 0 Å². The molecule has 0 spiro atoms. The van der Waals surface area contributed by atoms with Crippen LogP contribution >= 0.6 is 23.8 Å². The third-order valence-electron chi connectivity index (χ3n) is 5.52. The first-order chi connectivity index (χ1) is 18.6. The van der Waals surface area contributed by atoms with Crippen LogP contribution in [0.25, 0.3) is 17.3 Å². The van der Waals surface area contributed by atoms with Crippen LogP contribution in [0.5, 0.6) is 0 Å². The molecule has 39 heavy (non-hydrogen) atoms. The lowest BCUT2D eigenvalue weighted by molar-refractivity contribution is -0.107. The number of aromatic nitrogens is 1. The van der Waals surface area contributed by atoms with E-state index in [9.17, 15) is 22.0 Å². The van der Waals surface area contributed by atoms with Crippen LogP contribution in [0.15, 0.2) is 57.4 Å². The number of ether oxygens (including phenoxy) is 1. The molecule has 0 N–H and O–H groups in total. The molecule has 1 fully saturated rings. The Morgan fingerprint density at radius 3 is 2.59 bits per heavy atom. The molecule has 1 saturated heterocycles. The van der Waals surface area contributed by atoms with Crippen LogP contribution in [0.1, 0.15) is 31.6 Å². The molecule has 0 saturated carbocycles. The molecule has 6 nitrogen and oxygen atoms in total. The topological polar surface area (TPSA) is 54.1 Å². The summed E-state index contributed by atoms with van der Waals surface area (Å²) in [5.74, 6) is -1.19. The zero-order valence-electron chi connectivity index (χ0n) is 21.1. The molecule has 2 aromatic rings. The molecular formula is C26H26ClF5N4O2S. The second-order valence-electron chi connectivity index (χ2n) is 8.11. The summed E-state index contributed by atoms with van der Waals surface area (Å²) in [6.45, 7) is 3.31. The minimum Gasteiger partial charge on any atom is -0.378 e. The molecule has 2 heterocycles. The largest absolute Gasteiger partial charge is 0.433 e. The number of morpholine rings is 1. The van der Waals surface area contributed by atoms with E-state index in [1.807, 2.05) is 6.92 Å². The Morgan fingerprint density at radius 2 is 2.00 bits per heavy atom. The van der Waals surface area contributed by atoms with Gasteiger partial charge in [0, 0.05) is 25.4 Å². The third-order valence-corrected chi connectivity index (χ3v) is 6.29. The minimum absolute atomic E-state index is 0.0385. The van der Waals surface area contributed by atoms with Crippen LogP contribution in [0.2, 0.25) is 5.02 Å². The summed E-state index contributed by atoms with van der Waals surface area (Å²) in [6, 6.07) is 3.92. The summed E-state index contributed by atoms with van der Waals surface area (Å²) < 4.78 is 82.9. The van der Waals surface area contributed by atoms with Gasteiger partial charge >= 0.3 is 6.18 Å². The second-order valence-corrected chi connectivity index (χ2v) is 8.91. The fourth-order valence-electron chi connectivity index (χ4n) is 3.71. The van der Waals surface area contributed by atoms with E-state index in [0.717, 1.165) is 12.3 Å². The van der Waals surface area contributed by atoms with Gasteiger partial charge in [-0.05, 0) is 31.6 Å². The molecule has 0 aliphatic carbocycles. The van der Waals surface area contributed by atoms with E-state index in [1.54, 1.807) is 11.0 Å². The molecule has 0 unspecified atom stereocenters. The predicted octanol–water partition coefficient (Wildman–Crippen LogP) is 7.17. The lowest BCUT2D eigenvalue weighted by atomic mass is 10.0. The highest BCUT2D eigenvalue weighted by atomic mass is 35.5. The number of hydrogen-bond acceptors (Lipinski definition) is 6. The molecule has 13 heteroatoms. The van der Waals surface area contributed by atoms with Crippen LogP contribution in [-0.2, 0) is 4.74 Å². The second kappa shape index (κ2) is 13.8. The van der Waals surface area contributed by atoms with Gasteiger partial charge in [-0.1, -0.05) is 54.1 Å². The molecule has 0 amide bonds. The monoisotopic (exact) mass is 588 g/mol. The van der Waals surface area contributed by atoms with Gasteiger partial charge in [-0.2, -0.15) is 18.3 Å². The zero-order chi connectivity index (χ0) is 28.6. The Bertz CT molecular complexity index is 1260. The molecule has 0 radical (unpaired) electrons. The van der Waals surface area contributed by atoms with Gasteiger partial charge in [0.25, 0.3) is 0 Å². The average Bonchev–Trinajstić information content (AvgIpc) is 3.31. The smallest absolute Gasteiger partial charge is 0.378 e. The van der Waals surface area contributed by atoms with Crippen molar-refractivity contribution >= 4 is 41.1 Å². The van der Waals surface area contributed by atoms with E-state index in [2.05, 4.69) is 10.3 Å². The third kappa shape index (κ3) is 7.31. The zero-order valence-corrected chi connectivity index (χ0v) is 22.7. The highest BCUT2D eigenvalue weighted by molar-refractivity contribution is 7.80. The van der Waals surface area contributed by atoms with Gasteiger partial charge in [-0.15, -0.1) is 0 Å². The molecule has 0 atom stereocenters. The van der Waals surface area contributed by atoms with E-state index < -0.39 is 30.1 Å². The van der Waals surface area contributed by atoms with Crippen molar-refractivity contribution in [1.82, 2.24) is 15.1 Å². The lowest BCUT2D eigenvalue weighted by Gasteiger charge is -2.29. The van der Waals surface area contributed by atoms with Gasteiger partial charge in [0.15, 0.2) is 5.76 Å². The first kappa shape index (κ1) is 30.5. The van der Waals surface area contributed by atoms with Gasteiger partial charge in [0.1, 0.15) is 28.9 Å². The Labute approximate surface area is 233 Å². The van der Waals surface area contributed by atoms with Gasteiger partial charge in [-0.25, -0.2) is 13.8 Å². The molecule has 1 aromatic carbocycles. The van der Waals surface area contributed by atoms with Crippen molar-refractivity contribution in [2.75, 3.05) is 33.0 Å². The number of allylic oxidation sites excluding steroid dienone is 5. The van der Waals surface area contributed by atoms with Crippen molar-refractivity contribution in [3.8, 4) is 11.3 Å². The van der Waals surface area contributed by atoms with Gasteiger partial charge in [0.2, 0.25) is 0 Å². The summed E-state index contributed by atoms with van der Waals surface area (Å²) in [4.78, 5) is 1.76. The number of alkyl halides is 4. The highest BCUT2D eigenvalue weighted by Gasteiger charge is 2.40. The van der Waals surface area contributed by atoms with Gasteiger partial charge < -0.3 is 14.2 Å². The SMILES string of the molecule is C/C=N\N(/C(=C/C=C\CC)CF)/C(=C/c1onc(-c2c(F)cccc2Cl)c1C(=S)N1CCOCC1)C(F)(F)F. The van der Waals surface area contributed by atoms with Crippen molar-refractivity contribution in [1.29, 1.82) is 0 Å². The Kier molecular flexibility index (Phi) is 10.8. The van der Waals surface area contributed by atoms with E-state index in [1.165, 1.54) is 31.2 Å². The van der Waals surface area contributed by atoms with Gasteiger partial charge in [0.05, 0.1) is 35.1 Å². The molecular weight excluding hydrogens is 563 g/mol. The van der Waals surface area contributed by atoms with E-state index >= 15 is 0 Å². The maximum absolute atomic E-state index is 14.9. The van der Waals surface area contributed by atoms with Crippen molar-refractivity contribution in [3.63, 3.8) is 0 Å². The van der Waals surface area contributed by atoms with E-state index in [0.29, 0.717) is 43.8 Å². The average molecular weight is 589 g/mol. The first-order valence-electron chi connectivity index (χ1n) is 11.9. The van der Waals surface area contributed by atoms with Crippen molar-refractivity contribution in [2.45, 2.75) is 26.4 Å². The van der Waals surface area contributed by atoms with Crippen LogP contribution in [0, 0.1) is 5.82 Å². The number of hydrogen-bond donors (Lipinski definition) is 0. The van der Waals surface area contributed by atoms with Crippen molar-refractivity contribution in [2.24, 2.45) is 5.10 Å². The van der Waals surface area contributed by atoms with E-state index in [4.69, 9.17) is 33.1 Å². The molecule has 0 bridgehead atoms. The van der Waals surface area contributed by atoms with Crippen molar-refractivity contribution < 1.29 is 31.2 Å². The summed E-state index contributed by atoms with van der Waals surface area (Å²) in [6.07, 6.45) is 1.57. The Hall–Kier alpha value is -3.09. The fourth-order valence-corrected chi connectivity index (χ4v) is 4.34. The number of rotatable bonds is 9. The minimum atomic E-state index is -5.02. The molecule has 1 aliphatic heterocycles. The molecule has 1 aromatic heterocycles. The normalized spacial score (nSPS) is 15.5. The standard InChI is InChI=1S/C26H26ClF5N4O2S/c1-3-5-6-8-17(16-28)36(33-4-2)21(26(30,31)32)15-20-23(25(39)35-11-13-37-14-12-35)24(34-38-20)22-18(27)9-7-10-19(22)29/h4-10,15H,3,11-14,16H2,1-2H3/b6-5-,17-8+,21-15+,33-4-. The molecule has 1 aliphatic rings. The number of nitrogens with zero attached hydrogens (tertiary/aromatic N) is 4. The predicted molar refractivity (Wildman–Crippen MR) is 145 cm³/mol. The lowest BCUT2D eigenvalue weighted by Crippen LogP contribution is -2.40. The van der Waals surface area contributed by atoms with Crippen LogP contribution in [-0.4, -0.2) is 65.4 Å². The summed E-state index contributed by atoms with van der Waals surface area (Å²) in [7, 11) is 0. The quantitative estimate of drug-likeness (QED) is 0.102. The maximum atomic E-state index is 14.9. The number of benzene rings is 1. The fraction of sp³-hybridized carbons (Fsp3) is 0.346. The van der Waals surface area contributed by atoms with Gasteiger partial charge in [-0.3, -0.25) is 0 Å². The number of hydrazone groups is 1. The number of thiocarbonyl (C=S) groups is 1. The Balaban J connectivity index is 2.28. The molecule has 210 valence electrons. The maximum Gasteiger partial charge on any atom is 0.433 e. The molecule has 3 rings (SSSR count). The first-order valence-corrected chi connectivity index (χ1v) is 12.7.